The van der Waals surface area contributed by atoms with E-state index < -0.39 is 0 Å². The highest BCUT2D eigenvalue weighted by atomic mass is 16.6. The third-order valence-corrected chi connectivity index (χ3v) is 8.20. The Morgan fingerprint density at radius 1 is 0.878 bits per heavy atom. The molecule has 7 heteroatoms. The number of aromatic amines is 1. The fourth-order valence-electron chi connectivity index (χ4n) is 5.87. The number of fused-ring (bicyclic) bond motifs is 2. The molecule has 210 valence electrons. The first-order chi connectivity index (χ1) is 20.0. The van der Waals surface area contributed by atoms with Crippen LogP contribution in [0.25, 0.3) is 21.8 Å². The second kappa shape index (κ2) is 12.0. The summed E-state index contributed by atoms with van der Waals surface area (Å²) in [7, 11) is 0. The van der Waals surface area contributed by atoms with Crippen molar-refractivity contribution in [3.63, 3.8) is 0 Å². The summed E-state index contributed by atoms with van der Waals surface area (Å²) in [5, 5.41) is 2.21. The quantitative estimate of drug-likeness (QED) is 0.245. The van der Waals surface area contributed by atoms with E-state index in [0.29, 0.717) is 32.5 Å². The summed E-state index contributed by atoms with van der Waals surface area (Å²) in [4.78, 5) is 33.1. The van der Waals surface area contributed by atoms with Gasteiger partial charge in [-0.05, 0) is 53.8 Å². The van der Waals surface area contributed by atoms with Crippen molar-refractivity contribution in [3.8, 4) is 0 Å². The van der Waals surface area contributed by atoms with Crippen molar-refractivity contribution in [2.24, 2.45) is 0 Å². The Hall–Kier alpha value is -4.36. The van der Waals surface area contributed by atoms with Gasteiger partial charge in [-0.2, -0.15) is 0 Å². The lowest BCUT2D eigenvalue weighted by atomic mass is 10.0. The first-order valence-electron chi connectivity index (χ1n) is 14.4. The number of ether oxygens (including phenoxy) is 1. The lowest BCUT2D eigenvalue weighted by Crippen LogP contribution is -2.42. The molecule has 1 unspecified atom stereocenters. The standard InChI is InChI=1S/C34H36N4O3/c1-25(37(22-26-10-4-2-5-11-26)23-27-12-6-3-7-13-27)24-41-34(40)36-18-16-30(17-19-36)38-32-21-29-15-9-8-14-28(29)20-31(32)35-33(38)39/h2-15,20-21,25,30H,16-19,22-24H2,1H3,(H,35,39). The molecule has 1 atom stereocenters. The molecule has 0 aliphatic carbocycles. The van der Waals surface area contributed by atoms with E-state index >= 15 is 0 Å². The zero-order chi connectivity index (χ0) is 28.2. The molecule has 0 radical (unpaired) electrons. The van der Waals surface area contributed by atoms with E-state index in [9.17, 15) is 9.59 Å². The van der Waals surface area contributed by atoms with E-state index in [1.807, 2.05) is 34.9 Å². The van der Waals surface area contributed by atoms with Gasteiger partial charge in [0.1, 0.15) is 6.61 Å². The molecule has 1 fully saturated rings. The summed E-state index contributed by atoms with van der Waals surface area (Å²) in [6.45, 7) is 5.08. The fourth-order valence-corrected chi connectivity index (χ4v) is 5.87. The van der Waals surface area contributed by atoms with Crippen LogP contribution in [-0.2, 0) is 17.8 Å². The molecule has 1 amide bonds. The highest BCUT2D eigenvalue weighted by molar-refractivity contribution is 5.95. The van der Waals surface area contributed by atoms with Gasteiger partial charge in [0.2, 0.25) is 0 Å². The molecule has 4 aromatic carbocycles. The Morgan fingerprint density at radius 3 is 2.05 bits per heavy atom. The summed E-state index contributed by atoms with van der Waals surface area (Å²) < 4.78 is 7.71. The van der Waals surface area contributed by atoms with E-state index in [0.717, 1.165) is 34.9 Å². The molecule has 1 aromatic heterocycles. The highest BCUT2D eigenvalue weighted by Gasteiger charge is 2.28. The third-order valence-electron chi connectivity index (χ3n) is 8.20. The summed E-state index contributed by atoms with van der Waals surface area (Å²) >= 11 is 0. The second-order valence-electron chi connectivity index (χ2n) is 11.0. The minimum atomic E-state index is -0.285. The maximum absolute atomic E-state index is 13.1. The van der Waals surface area contributed by atoms with E-state index in [-0.39, 0.29) is 23.9 Å². The Kier molecular flexibility index (Phi) is 7.87. The number of rotatable bonds is 8. The average Bonchev–Trinajstić information content (AvgIpc) is 3.33. The molecule has 1 saturated heterocycles. The van der Waals surface area contributed by atoms with Crippen LogP contribution < -0.4 is 5.69 Å². The van der Waals surface area contributed by atoms with Gasteiger partial charge in [0.05, 0.1) is 11.0 Å². The Labute approximate surface area is 240 Å². The molecule has 7 nitrogen and oxygen atoms in total. The Morgan fingerprint density at radius 2 is 1.44 bits per heavy atom. The van der Waals surface area contributed by atoms with Gasteiger partial charge >= 0.3 is 11.8 Å². The normalized spacial score (nSPS) is 15.0. The Balaban J connectivity index is 1.08. The lowest BCUT2D eigenvalue weighted by molar-refractivity contribution is 0.0567. The number of aromatic nitrogens is 2. The van der Waals surface area contributed by atoms with Crippen molar-refractivity contribution in [3.05, 3.63) is 119 Å². The number of amides is 1. The molecular formula is C34H36N4O3. The van der Waals surface area contributed by atoms with Gasteiger partial charge < -0.3 is 14.6 Å². The second-order valence-corrected chi connectivity index (χ2v) is 11.0. The number of hydrogen-bond donors (Lipinski definition) is 1. The number of benzene rings is 4. The number of hydrogen-bond acceptors (Lipinski definition) is 4. The molecule has 6 rings (SSSR count). The monoisotopic (exact) mass is 548 g/mol. The van der Waals surface area contributed by atoms with Gasteiger partial charge in [0.25, 0.3) is 0 Å². The molecule has 5 aromatic rings. The van der Waals surface area contributed by atoms with Crippen molar-refractivity contribution >= 4 is 27.9 Å². The van der Waals surface area contributed by atoms with E-state index in [1.165, 1.54) is 11.1 Å². The largest absolute Gasteiger partial charge is 0.448 e. The van der Waals surface area contributed by atoms with Crippen molar-refractivity contribution in [1.29, 1.82) is 0 Å². The molecule has 0 spiro atoms. The van der Waals surface area contributed by atoms with Gasteiger partial charge in [-0.15, -0.1) is 0 Å². The Bertz CT molecular complexity index is 1630. The predicted octanol–water partition coefficient (Wildman–Crippen LogP) is 6.35. The van der Waals surface area contributed by atoms with Crippen LogP contribution in [0.3, 0.4) is 0 Å². The first kappa shape index (κ1) is 26.8. The van der Waals surface area contributed by atoms with Crippen LogP contribution in [-0.4, -0.2) is 51.2 Å². The smallest absolute Gasteiger partial charge is 0.409 e. The van der Waals surface area contributed by atoms with Crippen LogP contribution in [0.4, 0.5) is 4.79 Å². The summed E-state index contributed by atoms with van der Waals surface area (Å²) in [6, 6.07) is 33.1. The third kappa shape index (κ3) is 6.05. The summed E-state index contributed by atoms with van der Waals surface area (Å²) in [5.74, 6) is 0. The van der Waals surface area contributed by atoms with Gasteiger partial charge in [0.15, 0.2) is 0 Å². The van der Waals surface area contributed by atoms with Gasteiger partial charge in [-0.3, -0.25) is 9.47 Å². The number of piperidine rings is 1. The van der Waals surface area contributed by atoms with Crippen molar-refractivity contribution in [2.75, 3.05) is 19.7 Å². The van der Waals surface area contributed by atoms with Crippen LogP contribution in [0.1, 0.15) is 36.9 Å². The van der Waals surface area contributed by atoms with Crippen molar-refractivity contribution < 1.29 is 9.53 Å². The number of likely N-dealkylation sites (tertiary alicyclic amines) is 1. The predicted molar refractivity (Wildman–Crippen MR) is 163 cm³/mol. The lowest BCUT2D eigenvalue weighted by Gasteiger charge is -2.33. The van der Waals surface area contributed by atoms with Crippen molar-refractivity contribution in [1.82, 2.24) is 19.4 Å². The van der Waals surface area contributed by atoms with E-state index in [1.54, 1.807) is 4.90 Å². The van der Waals surface area contributed by atoms with Gasteiger partial charge in [0, 0.05) is 38.3 Å². The van der Waals surface area contributed by atoms with Gasteiger partial charge in [-0.1, -0.05) is 84.9 Å². The van der Waals surface area contributed by atoms with Crippen LogP contribution >= 0.6 is 0 Å². The molecule has 41 heavy (non-hydrogen) atoms. The van der Waals surface area contributed by atoms with Crippen LogP contribution in [0.2, 0.25) is 0 Å². The maximum atomic E-state index is 13.1. The minimum absolute atomic E-state index is 0.0348. The number of H-pyrrole nitrogens is 1. The highest BCUT2D eigenvalue weighted by Crippen LogP contribution is 2.28. The summed E-state index contributed by atoms with van der Waals surface area (Å²) in [6.07, 6.45) is 1.13. The maximum Gasteiger partial charge on any atom is 0.409 e. The topological polar surface area (TPSA) is 70.6 Å². The molecule has 1 N–H and O–H groups in total. The fraction of sp³-hybridized carbons (Fsp3) is 0.294. The van der Waals surface area contributed by atoms with Crippen LogP contribution in [0.15, 0.2) is 102 Å². The number of nitrogens with one attached hydrogen (secondary N) is 1. The molecule has 1 aliphatic heterocycles. The zero-order valence-electron chi connectivity index (χ0n) is 23.4. The molecule has 0 bridgehead atoms. The van der Waals surface area contributed by atoms with E-state index in [4.69, 9.17) is 4.74 Å². The first-order valence-corrected chi connectivity index (χ1v) is 14.4. The summed E-state index contributed by atoms with van der Waals surface area (Å²) in [5.41, 5.74) is 4.12. The minimum Gasteiger partial charge on any atom is -0.448 e. The van der Waals surface area contributed by atoms with Crippen molar-refractivity contribution in [2.45, 2.75) is 44.9 Å². The number of nitrogens with zero attached hydrogens (tertiary/aromatic N) is 3. The number of carbonyl (C=O) groups excluding carboxylic acids is 1. The van der Waals surface area contributed by atoms with E-state index in [2.05, 4.69) is 83.5 Å². The van der Waals surface area contributed by atoms with Crippen LogP contribution in [0.5, 0.6) is 0 Å². The SMILES string of the molecule is CC(COC(=O)N1CCC(n2c(=O)[nH]c3cc4ccccc4cc32)CC1)N(Cc1ccccc1)Cc1ccccc1. The average molecular weight is 549 g/mol. The molecule has 1 aliphatic rings. The molecule has 2 heterocycles. The number of carbonyl (C=O) groups is 1. The van der Waals surface area contributed by atoms with Gasteiger partial charge in [-0.25, -0.2) is 9.59 Å². The molecule has 0 saturated carbocycles. The molecular weight excluding hydrogens is 512 g/mol. The number of imidazole rings is 1. The van der Waals surface area contributed by atoms with Crippen LogP contribution in [0, 0.1) is 0 Å². The zero-order valence-corrected chi connectivity index (χ0v) is 23.4.